The molecule has 1 aromatic heterocycles. The van der Waals surface area contributed by atoms with E-state index in [0.717, 1.165) is 23.1 Å². The maximum Gasteiger partial charge on any atom is 0.264 e. The third kappa shape index (κ3) is 6.01. The summed E-state index contributed by atoms with van der Waals surface area (Å²) in [6.45, 7) is 4.19. The lowest BCUT2D eigenvalue weighted by Crippen LogP contribution is -2.36. The number of anilines is 1. The third-order valence-electron chi connectivity index (χ3n) is 8.16. The van der Waals surface area contributed by atoms with Gasteiger partial charge in [-0.05, 0) is 85.9 Å². The van der Waals surface area contributed by atoms with Gasteiger partial charge in [-0.2, -0.15) is 4.98 Å². The first kappa shape index (κ1) is 27.9. The van der Waals surface area contributed by atoms with Crippen LogP contribution in [0.25, 0.3) is 11.3 Å². The molecule has 9 heteroatoms. The summed E-state index contributed by atoms with van der Waals surface area (Å²) >= 11 is 0. The number of nitrogens with one attached hydrogen (secondary N) is 2. The van der Waals surface area contributed by atoms with Crippen LogP contribution in [-0.4, -0.2) is 36.9 Å². The van der Waals surface area contributed by atoms with Gasteiger partial charge in [0, 0.05) is 17.2 Å². The molecule has 42 heavy (non-hydrogen) atoms. The zero-order chi connectivity index (χ0) is 29.3. The monoisotopic (exact) mass is 582 g/mol. The number of amides is 1. The first-order chi connectivity index (χ1) is 20.2. The number of hydrogen-bond acceptors (Lipinski definition) is 6. The summed E-state index contributed by atoms with van der Waals surface area (Å²) in [5, 5.41) is 2.93. The topological polar surface area (TPSA) is 110 Å². The highest BCUT2D eigenvalue weighted by Gasteiger charge is 2.23. The molecule has 1 atom stereocenters. The highest BCUT2D eigenvalue weighted by atomic mass is 32.2. The van der Waals surface area contributed by atoms with Crippen molar-refractivity contribution in [2.24, 2.45) is 0 Å². The Labute approximate surface area is 246 Å². The van der Waals surface area contributed by atoms with Gasteiger partial charge < -0.3 is 10.1 Å². The zero-order valence-corrected chi connectivity index (χ0v) is 24.6. The number of aryl methyl sites for hydroxylation is 3. The summed E-state index contributed by atoms with van der Waals surface area (Å²) in [5.41, 5.74) is 6.25. The Morgan fingerprint density at radius 3 is 2.38 bits per heavy atom. The molecule has 0 radical (unpaired) electrons. The van der Waals surface area contributed by atoms with Crippen molar-refractivity contribution in [1.29, 1.82) is 0 Å². The molecule has 3 aromatic carbocycles. The van der Waals surface area contributed by atoms with E-state index in [2.05, 4.69) is 44.3 Å². The van der Waals surface area contributed by atoms with E-state index >= 15 is 0 Å². The SMILES string of the molecule is Cc1cccc(C)c1-c1cc2nc(n1)NS(=O)(=O)c1cccc(c1)C(=O)NCC(CCc1ccc(C3CCC3)cc1)O2. The minimum atomic E-state index is -4.08. The van der Waals surface area contributed by atoms with E-state index in [1.165, 1.54) is 42.5 Å². The van der Waals surface area contributed by atoms with Gasteiger partial charge >= 0.3 is 0 Å². The van der Waals surface area contributed by atoms with Crippen LogP contribution in [0.5, 0.6) is 5.88 Å². The fourth-order valence-corrected chi connectivity index (χ4v) is 6.56. The number of fused-ring (bicyclic) bond motifs is 4. The Kier molecular flexibility index (Phi) is 7.68. The van der Waals surface area contributed by atoms with Crippen molar-refractivity contribution >= 4 is 21.9 Å². The minimum absolute atomic E-state index is 0.0557. The average molecular weight is 583 g/mol. The Bertz CT molecular complexity index is 1710. The van der Waals surface area contributed by atoms with E-state index in [1.54, 1.807) is 18.2 Å². The first-order valence-electron chi connectivity index (χ1n) is 14.4. The fourth-order valence-electron chi connectivity index (χ4n) is 5.57. The van der Waals surface area contributed by atoms with E-state index in [9.17, 15) is 13.2 Å². The summed E-state index contributed by atoms with van der Waals surface area (Å²) in [6.07, 6.45) is 4.77. The molecular formula is C33H34N4O4S. The van der Waals surface area contributed by atoms with Gasteiger partial charge in [-0.15, -0.1) is 0 Å². The lowest BCUT2D eigenvalue weighted by molar-refractivity contribution is 0.0922. The molecule has 1 unspecified atom stereocenters. The average Bonchev–Trinajstić information content (AvgIpc) is 2.93. The molecule has 2 aliphatic rings. The number of sulfonamides is 1. The highest BCUT2D eigenvalue weighted by molar-refractivity contribution is 7.92. The maximum absolute atomic E-state index is 13.3. The number of benzene rings is 3. The van der Waals surface area contributed by atoms with Crippen molar-refractivity contribution in [2.45, 2.75) is 62.9 Å². The lowest BCUT2D eigenvalue weighted by Gasteiger charge is -2.26. The molecule has 4 aromatic rings. The largest absolute Gasteiger partial charge is 0.472 e. The van der Waals surface area contributed by atoms with E-state index in [-0.39, 0.29) is 34.7 Å². The standard InChI is InChI=1S/C33H34N4O4S/c1-21-6-3-7-22(2)31(21)29-19-30-36-33(35-29)37-42(39,40)28-11-5-10-26(18-28)32(38)34-20-27(41-30)17-14-23-12-15-25(16-13-23)24-8-4-9-24/h3,5-7,10-13,15-16,18-19,24,27H,4,8-9,14,17,20H2,1-2H3,(H,34,38)(H,35,36,37). The molecule has 6 rings (SSSR count). The molecule has 0 spiro atoms. The third-order valence-corrected chi connectivity index (χ3v) is 9.49. The summed E-state index contributed by atoms with van der Waals surface area (Å²) in [7, 11) is -4.08. The molecule has 1 aliphatic heterocycles. The maximum atomic E-state index is 13.3. The number of nitrogens with zero attached hydrogens (tertiary/aromatic N) is 2. The molecule has 1 amide bonds. The molecular weight excluding hydrogens is 548 g/mol. The van der Waals surface area contributed by atoms with Crippen LogP contribution < -0.4 is 14.8 Å². The number of rotatable bonds is 5. The number of ether oxygens (including phenoxy) is 1. The van der Waals surface area contributed by atoms with E-state index in [4.69, 9.17) is 4.74 Å². The van der Waals surface area contributed by atoms with Crippen LogP contribution in [0, 0.1) is 13.8 Å². The van der Waals surface area contributed by atoms with Crippen LogP contribution in [-0.2, 0) is 16.4 Å². The van der Waals surface area contributed by atoms with Gasteiger partial charge in [-0.25, -0.2) is 18.1 Å². The number of carbonyl (C=O) groups excluding carboxylic acids is 1. The number of aromatic nitrogens is 2. The molecule has 1 saturated carbocycles. The van der Waals surface area contributed by atoms with E-state index < -0.39 is 16.1 Å². The van der Waals surface area contributed by atoms with Gasteiger partial charge in [0.25, 0.3) is 15.9 Å². The number of hydrogen-bond donors (Lipinski definition) is 2. The van der Waals surface area contributed by atoms with Crippen LogP contribution >= 0.6 is 0 Å². The van der Waals surface area contributed by atoms with Gasteiger partial charge in [-0.3, -0.25) is 4.79 Å². The second kappa shape index (κ2) is 11.6. The Hall–Kier alpha value is -4.24. The summed E-state index contributed by atoms with van der Waals surface area (Å²) in [4.78, 5) is 22.0. The molecule has 216 valence electrons. The molecule has 1 fully saturated rings. The van der Waals surface area contributed by atoms with Crippen LogP contribution in [0.1, 0.15) is 64.2 Å². The second-order valence-corrected chi connectivity index (χ2v) is 12.9. The molecule has 8 nitrogen and oxygen atoms in total. The molecule has 4 bridgehead atoms. The second-order valence-electron chi connectivity index (χ2n) is 11.2. The van der Waals surface area contributed by atoms with Gasteiger partial charge in [0.1, 0.15) is 6.10 Å². The van der Waals surface area contributed by atoms with Crippen molar-refractivity contribution in [2.75, 3.05) is 11.3 Å². The normalized spacial score (nSPS) is 18.2. The number of carbonyl (C=O) groups is 1. The van der Waals surface area contributed by atoms with Gasteiger partial charge in [-0.1, -0.05) is 55.0 Å². The van der Waals surface area contributed by atoms with E-state index in [1.807, 2.05) is 32.0 Å². The summed E-state index contributed by atoms with van der Waals surface area (Å²) in [6, 6.07) is 22.4. The first-order valence-corrected chi connectivity index (χ1v) is 15.9. The van der Waals surface area contributed by atoms with Crippen LogP contribution in [0.15, 0.2) is 77.7 Å². The van der Waals surface area contributed by atoms with Crippen LogP contribution in [0.3, 0.4) is 0 Å². The molecule has 0 saturated heterocycles. The van der Waals surface area contributed by atoms with Crippen molar-refractivity contribution < 1.29 is 17.9 Å². The van der Waals surface area contributed by atoms with E-state index in [0.29, 0.717) is 18.0 Å². The smallest absolute Gasteiger partial charge is 0.264 e. The van der Waals surface area contributed by atoms with Gasteiger partial charge in [0.15, 0.2) is 0 Å². The molecule has 2 N–H and O–H groups in total. The van der Waals surface area contributed by atoms with Gasteiger partial charge in [0.2, 0.25) is 11.8 Å². The van der Waals surface area contributed by atoms with Crippen LogP contribution in [0.2, 0.25) is 0 Å². The van der Waals surface area contributed by atoms with Crippen molar-refractivity contribution in [3.63, 3.8) is 0 Å². The van der Waals surface area contributed by atoms with Crippen molar-refractivity contribution in [1.82, 2.24) is 15.3 Å². The summed E-state index contributed by atoms with van der Waals surface area (Å²) in [5.74, 6) is 0.436. The molecule has 1 aliphatic carbocycles. The van der Waals surface area contributed by atoms with Crippen molar-refractivity contribution in [3.05, 3.63) is 101 Å². The van der Waals surface area contributed by atoms with Crippen LogP contribution in [0.4, 0.5) is 5.95 Å². The van der Waals surface area contributed by atoms with Gasteiger partial charge in [0.05, 0.1) is 17.1 Å². The lowest BCUT2D eigenvalue weighted by atomic mass is 9.80. The van der Waals surface area contributed by atoms with Crippen molar-refractivity contribution in [3.8, 4) is 17.1 Å². The Morgan fingerprint density at radius 2 is 1.67 bits per heavy atom. The predicted octanol–water partition coefficient (Wildman–Crippen LogP) is 5.95. The Morgan fingerprint density at radius 1 is 0.929 bits per heavy atom. The highest BCUT2D eigenvalue weighted by Crippen LogP contribution is 2.36. The Balaban J connectivity index is 1.35. The fraction of sp³-hybridized carbons (Fsp3) is 0.303. The molecule has 2 heterocycles. The minimum Gasteiger partial charge on any atom is -0.472 e. The summed E-state index contributed by atoms with van der Waals surface area (Å²) < 4.78 is 35.5. The zero-order valence-electron chi connectivity index (χ0n) is 23.8. The predicted molar refractivity (Wildman–Crippen MR) is 162 cm³/mol. The quantitative estimate of drug-likeness (QED) is 0.301.